The highest BCUT2D eigenvalue weighted by atomic mass is 16.2. The van der Waals surface area contributed by atoms with Crippen LogP contribution >= 0.6 is 0 Å². The number of pyridine rings is 2. The Morgan fingerprint density at radius 3 is 2.50 bits per heavy atom. The van der Waals surface area contributed by atoms with E-state index in [1.54, 1.807) is 37.2 Å². The van der Waals surface area contributed by atoms with Crippen LogP contribution in [0.2, 0.25) is 0 Å². The molecule has 166 valence electrons. The molecule has 0 bridgehead atoms. The number of H-pyrrole nitrogens is 1. The average Bonchev–Trinajstić information content (AvgIpc) is 3.22. The van der Waals surface area contributed by atoms with Crippen LogP contribution < -0.4 is 5.73 Å². The Balaban J connectivity index is 1.86. The van der Waals surface area contributed by atoms with Crippen LogP contribution in [0.5, 0.6) is 0 Å². The van der Waals surface area contributed by atoms with Gasteiger partial charge in [-0.3, -0.25) is 20.0 Å². The van der Waals surface area contributed by atoms with Crippen LogP contribution in [-0.2, 0) is 11.2 Å². The molecule has 32 heavy (non-hydrogen) atoms. The zero-order valence-corrected chi connectivity index (χ0v) is 18.8. The molecule has 3 rings (SSSR count). The molecule has 3 aromatic rings. The van der Waals surface area contributed by atoms with Gasteiger partial charge in [0.25, 0.3) is 5.91 Å². The Morgan fingerprint density at radius 1 is 1.12 bits per heavy atom. The fraction of sp³-hybridized carbons (Fsp3) is 0.292. The molecular weight excluding hydrogens is 404 g/mol. The Bertz CT molecular complexity index is 1220. The zero-order valence-electron chi connectivity index (χ0n) is 18.8. The van der Waals surface area contributed by atoms with E-state index in [1.807, 2.05) is 32.0 Å². The van der Waals surface area contributed by atoms with Crippen LogP contribution in [-0.4, -0.2) is 50.3 Å². The van der Waals surface area contributed by atoms with Gasteiger partial charge in [0.1, 0.15) is 17.1 Å². The van der Waals surface area contributed by atoms with E-state index in [-0.39, 0.29) is 23.8 Å². The van der Waals surface area contributed by atoms with Crippen LogP contribution in [0.1, 0.15) is 43.7 Å². The van der Waals surface area contributed by atoms with Gasteiger partial charge in [-0.05, 0) is 63.1 Å². The predicted molar refractivity (Wildman–Crippen MR) is 126 cm³/mol. The number of nitrogens with two attached hydrogens (primary N) is 1. The van der Waals surface area contributed by atoms with E-state index in [0.29, 0.717) is 41.3 Å². The molecule has 0 aromatic carbocycles. The second kappa shape index (κ2) is 9.55. The summed E-state index contributed by atoms with van der Waals surface area (Å²) in [5.41, 5.74) is 9.98. The number of nitrogens with one attached hydrogen (secondary N) is 2. The molecule has 3 heterocycles. The molecule has 8 heteroatoms. The van der Waals surface area contributed by atoms with E-state index in [2.05, 4.69) is 15.0 Å². The first kappa shape index (κ1) is 22.9. The first-order valence-corrected chi connectivity index (χ1v) is 10.5. The fourth-order valence-electron chi connectivity index (χ4n) is 3.38. The first-order chi connectivity index (χ1) is 15.2. The van der Waals surface area contributed by atoms with Crippen LogP contribution in [0, 0.1) is 5.41 Å². The van der Waals surface area contributed by atoms with Gasteiger partial charge in [-0.2, -0.15) is 0 Å². The number of ketones is 1. The lowest BCUT2D eigenvalue weighted by Crippen LogP contribution is -2.31. The maximum Gasteiger partial charge on any atom is 0.272 e. The molecule has 0 atom stereocenters. The summed E-state index contributed by atoms with van der Waals surface area (Å²) in [4.78, 5) is 38.7. The summed E-state index contributed by atoms with van der Waals surface area (Å²) in [6, 6.07) is 7.41. The van der Waals surface area contributed by atoms with E-state index < -0.39 is 0 Å². The molecule has 0 saturated heterocycles. The number of hydrogen-bond donors (Lipinski definition) is 3. The van der Waals surface area contributed by atoms with Crippen molar-refractivity contribution >= 4 is 28.4 Å². The highest BCUT2D eigenvalue weighted by molar-refractivity contribution is 6.45. The largest absolute Gasteiger partial charge is 0.402 e. The molecule has 8 nitrogen and oxygen atoms in total. The van der Waals surface area contributed by atoms with Gasteiger partial charge in [0.05, 0.1) is 0 Å². The Morgan fingerprint density at radius 2 is 1.84 bits per heavy atom. The lowest BCUT2D eigenvalue weighted by Gasteiger charge is -2.18. The molecule has 0 aliphatic carbocycles. The minimum atomic E-state index is -0.308. The summed E-state index contributed by atoms with van der Waals surface area (Å²) in [6.07, 6.45) is 3.32. The number of rotatable bonds is 8. The van der Waals surface area contributed by atoms with Crippen molar-refractivity contribution in [3.05, 3.63) is 59.2 Å². The van der Waals surface area contributed by atoms with E-state index >= 15 is 0 Å². The molecular formula is C24H28N6O2. The highest BCUT2D eigenvalue weighted by Crippen LogP contribution is 2.24. The molecule has 0 unspecified atom stereocenters. The Kier molecular flexibility index (Phi) is 6.82. The van der Waals surface area contributed by atoms with Crippen molar-refractivity contribution in [1.82, 2.24) is 19.9 Å². The monoisotopic (exact) mass is 432 g/mol. The summed E-state index contributed by atoms with van der Waals surface area (Å²) < 4.78 is 0. The van der Waals surface area contributed by atoms with Crippen molar-refractivity contribution < 1.29 is 9.59 Å². The molecule has 0 saturated carbocycles. The standard InChI is InChI=1S/C24H28N6O2/c1-5-30(6-2)24(32)20-11-17(7-8-27-20)19-12-18-9-16(13-28-23(18)29-19)10-21(31)22(26)14(3)15(4)25/h7-9,11-13,26H,5-6,10,25H2,1-4H3,(H,28,29)/b15-14-,26-22?. The first-order valence-electron chi connectivity index (χ1n) is 10.5. The van der Waals surface area contributed by atoms with E-state index in [1.165, 1.54) is 0 Å². The summed E-state index contributed by atoms with van der Waals surface area (Å²) in [5, 5.41) is 8.86. The summed E-state index contributed by atoms with van der Waals surface area (Å²) in [7, 11) is 0. The van der Waals surface area contributed by atoms with Crippen molar-refractivity contribution in [2.75, 3.05) is 13.1 Å². The van der Waals surface area contributed by atoms with E-state index in [4.69, 9.17) is 11.1 Å². The number of nitrogens with zero attached hydrogens (tertiary/aromatic N) is 3. The molecule has 4 N–H and O–H groups in total. The van der Waals surface area contributed by atoms with Crippen LogP contribution in [0.15, 0.2) is 47.9 Å². The zero-order chi connectivity index (χ0) is 23.4. The van der Waals surface area contributed by atoms with Gasteiger partial charge in [-0.25, -0.2) is 4.98 Å². The number of fused-ring (bicyclic) bond motifs is 1. The minimum Gasteiger partial charge on any atom is -0.402 e. The topological polar surface area (TPSA) is 129 Å². The number of hydrogen-bond acceptors (Lipinski definition) is 6. The van der Waals surface area contributed by atoms with Gasteiger partial charge in [0.15, 0.2) is 5.78 Å². The minimum absolute atomic E-state index is 0.0741. The molecule has 0 radical (unpaired) electrons. The number of aromatic amines is 1. The van der Waals surface area contributed by atoms with Crippen molar-refractivity contribution in [1.29, 1.82) is 5.41 Å². The van der Waals surface area contributed by atoms with Crippen molar-refractivity contribution in [2.45, 2.75) is 34.1 Å². The molecule has 3 aromatic heterocycles. The van der Waals surface area contributed by atoms with Gasteiger partial charge >= 0.3 is 0 Å². The number of aromatic nitrogens is 3. The summed E-state index contributed by atoms with van der Waals surface area (Å²) >= 11 is 0. The van der Waals surface area contributed by atoms with Gasteiger partial charge in [0.2, 0.25) is 0 Å². The fourth-order valence-corrected chi connectivity index (χ4v) is 3.38. The van der Waals surface area contributed by atoms with E-state index in [0.717, 1.165) is 16.6 Å². The van der Waals surface area contributed by atoms with Gasteiger partial charge in [0, 0.05) is 54.2 Å². The molecule has 0 spiro atoms. The number of allylic oxidation sites excluding steroid dienone is 2. The van der Waals surface area contributed by atoms with Gasteiger partial charge < -0.3 is 15.6 Å². The lowest BCUT2D eigenvalue weighted by molar-refractivity contribution is -0.112. The highest BCUT2D eigenvalue weighted by Gasteiger charge is 2.17. The second-order valence-corrected chi connectivity index (χ2v) is 7.65. The smallest absolute Gasteiger partial charge is 0.272 e. The van der Waals surface area contributed by atoms with Crippen molar-refractivity contribution in [3.63, 3.8) is 0 Å². The van der Waals surface area contributed by atoms with Crippen LogP contribution in [0.4, 0.5) is 0 Å². The number of Topliss-reactive ketones (excluding diaryl/α,β-unsaturated/α-hetero) is 1. The van der Waals surface area contributed by atoms with Gasteiger partial charge in [-0.1, -0.05) is 0 Å². The van der Waals surface area contributed by atoms with Gasteiger partial charge in [-0.15, -0.1) is 0 Å². The molecule has 0 aliphatic rings. The quantitative estimate of drug-likeness (QED) is 0.469. The molecule has 0 aliphatic heterocycles. The SMILES string of the molecule is CCN(CC)C(=O)c1cc(-c2cc3cc(CC(=O)C(=N)/C(C)=C(/C)N)cnc3[nH]2)ccn1. The van der Waals surface area contributed by atoms with Crippen molar-refractivity contribution in [2.24, 2.45) is 5.73 Å². The maximum absolute atomic E-state index is 12.6. The third kappa shape index (κ3) is 4.74. The van der Waals surface area contributed by atoms with E-state index in [9.17, 15) is 9.59 Å². The molecule has 0 fully saturated rings. The van der Waals surface area contributed by atoms with Crippen LogP contribution in [0.3, 0.4) is 0 Å². The van der Waals surface area contributed by atoms with Crippen molar-refractivity contribution in [3.8, 4) is 11.3 Å². The summed E-state index contributed by atoms with van der Waals surface area (Å²) in [6.45, 7) is 8.46. The Hall–Kier alpha value is -3.81. The summed E-state index contributed by atoms with van der Waals surface area (Å²) in [5.74, 6) is -0.413. The normalized spacial score (nSPS) is 11.9. The third-order valence-corrected chi connectivity index (χ3v) is 5.48. The Labute approximate surface area is 187 Å². The number of carbonyl (C=O) groups excluding carboxylic acids is 2. The molecule has 1 amide bonds. The van der Waals surface area contributed by atoms with Crippen LogP contribution in [0.25, 0.3) is 22.3 Å². The second-order valence-electron chi connectivity index (χ2n) is 7.65. The third-order valence-electron chi connectivity index (χ3n) is 5.48. The number of carbonyl (C=O) groups is 2. The lowest BCUT2D eigenvalue weighted by atomic mass is 10.0. The maximum atomic E-state index is 12.6. The predicted octanol–water partition coefficient (Wildman–Crippen LogP) is 3.49. The number of amides is 1. The average molecular weight is 433 g/mol.